The minimum absolute atomic E-state index is 0.0171. The zero-order valence-electron chi connectivity index (χ0n) is 14.7. The zero-order valence-corrected chi connectivity index (χ0v) is 15.5. The lowest BCUT2D eigenvalue weighted by Gasteiger charge is -2.18. The van der Waals surface area contributed by atoms with Crippen LogP contribution in [-0.2, 0) is 11.3 Å². The maximum atomic E-state index is 12.5. The monoisotopic (exact) mass is 368 g/mol. The Hall–Kier alpha value is -2.80. The van der Waals surface area contributed by atoms with Crippen molar-refractivity contribution < 1.29 is 9.53 Å². The molecule has 0 saturated heterocycles. The number of amides is 1. The molecule has 0 spiro atoms. The van der Waals surface area contributed by atoms with E-state index in [2.05, 4.69) is 10.2 Å². The van der Waals surface area contributed by atoms with Crippen LogP contribution in [0.2, 0.25) is 0 Å². The predicted molar refractivity (Wildman–Crippen MR) is 102 cm³/mol. The Balaban J connectivity index is 1.62. The van der Waals surface area contributed by atoms with E-state index in [0.717, 1.165) is 17.0 Å². The van der Waals surface area contributed by atoms with Crippen LogP contribution in [-0.4, -0.2) is 45.5 Å². The van der Waals surface area contributed by atoms with E-state index in [4.69, 9.17) is 4.74 Å². The first-order valence-electron chi connectivity index (χ1n) is 8.13. The molecule has 0 aliphatic carbocycles. The van der Waals surface area contributed by atoms with Crippen molar-refractivity contribution >= 4 is 17.7 Å². The second kappa shape index (κ2) is 8.53. The van der Waals surface area contributed by atoms with Gasteiger partial charge >= 0.3 is 0 Å². The largest absolute Gasteiger partial charge is 0.496 e. The van der Waals surface area contributed by atoms with Gasteiger partial charge in [0.05, 0.1) is 12.9 Å². The highest BCUT2D eigenvalue weighted by atomic mass is 32.2. The molecule has 0 aliphatic rings. The second-order valence-corrected chi connectivity index (χ2v) is 6.61. The van der Waals surface area contributed by atoms with Crippen LogP contribution >= 0.6 is 11.8 Å². The Morgan fingerprint density at radius 2 is 1.88 bits per heavy atom. The number of para-hydroxylation sites is 2. The molecule has 134 valence electrons. The number of hydrogen-bond donors (Lipinski definition) is 0. The molecule has 0 bridgehead atoms. The van der Waals surface area contributed by atoms with E-state index in [0.29, 0.717) is 11.7 Å². The van der Waals surface area contributed by atoms with Crippen LogP contribution in [0, 0.1) is 0 Å². The third-order valence-electron chi connectivity index (χ3n) is 3.90. The number of rotatable bonds is 7. The van der Waals surface area contributed by atoms with Gasteiger partial charge in [0.1, 0.15) is 12.1 Å². The van der Waals surface area contributed by atoms with Crippen molar-refractivity contribution in [1.82, 2.24) is 19.7 Å². The van der Waals surface area contributed by atoms with E-state index < -0.39 is 0 Å². The number of nitrogens with zero attached hydrogens (tertiary/aromatic N) is 4. The summed E-state index contributed by atoms with van der Waals surface area (Å²) in [5.74, 6) is 1.09. The van der Waals surface area contributed by atoms with Crippen LogP contribution in [0.25, 0.3) is 5.69 Å². The van der Waals surface area contributed by atoms with Crippen molar-refractivity contribution in [2.45, 2.75) is 11.7 Å². The van der Waals surface area contributed by atoms with Crippen molar-refractivity contribution in [3.63, 3.8) is 0 Å². The van der Waals surface area contributed by atoms with Crippen molar-refractivity contribution in [2.24, 2.45) is 0 Å². The minimum Gasteiger partial charge on any atom is -0.496 e. The lowest BCUT2D eigenvalue weighted by molar-refractivity contribution is -0.127. The number of methoxy groups -OCH3 is 1. The smallest absolute Gasteiger partial charge is 0.233 e. The van der Waals surface area contributed by atoms with Crippen molar-refractivity contribution in [3.05, 3.63) is 66.5 Å². The highest BCUT2D eigenvalue weighted by Gasteiger charge is 2.14. The SMILES string of the molecule is COc1ccccc1CN(C)C(=O)CSc1nncn1-c1ccccc1. The van der Waals surface area contributed by atoms with Gasteiger partial charge in [0.2, 0.25) is 5.91 Å². The third-order valence-corrected chi connectivity index (χ3v) is 4.83. The van der Waals surface area contributed by atoms with Gasteiger partial charge in [-0.15, -0.1) is 10.2 Å². The summed E-state index contributed by atoms with van der Waals surface area (Å²) < 4.78 is 7.22. The lowest BCUT2D eigenvalue weighted by Crippen LogP contribution is -2.28. The molecule has 7 heteroatoms. The molecule has 0 atom stereocenters. The van der Waals surface area contributed by atoms with E-state index in [1.54, 1.807) is 25.4 Å². The van der Waals surface area contributed by atoms with E-state index >= 15 is 0 Å². The number of aromatic nitrogens is 3. The number of benzene rings is 2. The summed E-state index contributed by atoms with van der Waals surface area (Å²) in [4.78, 5) is 14.2. The van der Waals surface area contributed by atoms with Crippen molar-refractivity contribution in [3.8, 4) is 11.4 Å². The molecular formula is C19H20N4O2S. The Morgan fingerprint density at radius 3 is 2.65 bits per heavy atom. The summed E-state index contributed by atoms with van der Waals surface area (Å²) in [5, 5.41) is 8.77. The summed E-state index contributed by atoms with van der Waals surface area (Å²) >= 11 is 1.37. The third kappa shape index (κ3) is 4.23. The Bertz CT molecular complexity index is 867. The van der Waals surface area contributed by atoms with Gasteiger partial charge in [-0.05, 0) is 18.2 Å². The minimum atomic E-state index is 0.0171. The molecule has 0 fully saturated rings. The highest BCUT2D eigenvalue weighted by molar-refractivity contribution is 7.99. The second-order valence-electron chi connectivity index (χ2n) is 5.67. The summed E-state index contributed by atoms with van der Waals surface area (Å²) in [6.07, 6.45) is 1.65. The molecule has 0 N–H and O–H groups in total. The fourth-order valence-electron chi connectivity index (χ4n) is 2.50. The maximum Gasteiger partial charge on any atom is 0.233 e. The van der Waals surface area contributed by atoms with Crippen LogP contribution in [0.3, 0.4) is 0 Å². The predicted octanol–water partition coefficient (Wildman–Crippen LogP) is 3.03. The molecule has 3 rings (SSSR count). The van der Waals surface area contributed by atoms with Crippen LogP contribution in [0.15, 0.2) is 66.1 Å². The molecule has 0 radical (unpaired) electrons. The van der Waals surface area contributed by atoms with Crippen LogP contribution in [0.5, 0.6) is 5.75 Å². The maximum absolute atomic E-state index is 12.5. The molecule has 1 heterocycles. The first kappa shape index (κ1) is 18.0. The van der Waals surface area contributed by atoms with Gasteiger partial charge in [-0.1, -0.05) is 48.2 Å². The van der Waals surface area contributed by atoms with Gasteiger partial charge in [-0.2, -0.15) is 0 Å². The van der Waals surface area contributed by atoms with Crippen molar-refractivity contribution in [1.29, 1.82) is 0 Å². The first-order valence-corrected chi connectivity index (χ1v) is 9.11. The molecule has 6 nitrogen and oxygen atoms in total. The summed E-state index contributed by atoms with van der Waals surface area (Å²) in [5.41, 5.74) is 1.94. The topological polar surface area (TPSA) is 60.2 Å². The van der Waals surface area contributed by atoms with Gasteiger partial charge in [0.15, 0.2) is 5.16 Å². The van der Waals surface area contributed by atoms with E-state index in [1.165, 1.54) is 11.8 Å². The number of thioether (sulfide) groups is 1. The number of carbonyl (C=O) groups is 1. The van der Waals surface area contributed by atoms with E-state index in [-0.39, 0.29) is 11.7 Å². The van der Waals surface area contributed by atoms with Crippen LogP contribution in [0.4, 0.5) is 0 Å². The fourth-order valence-corrected chi connectivity index (χ4v) is 3.37. The quantitative estimate of drug-likeness (QED) is 0.600. The molecule has 2 aromatic carbocycles. The molecule has 3 aromatic rings. The van der Waals surface area contributed by atoms with E-state index in [1.807, 2.05) is 59.2 Å². The summed E-state index contributed by atoms with van der Waals surface area (Å²) in [6, 6.07) is 17.5. The van der Waals surface area contributed by atoms with Gasteiger partial charge in [0, 0.05) is 24.8 Å². The lowest BCUT2D eigenvalue weighted by atomic mass is 10.2. The average molecular weight is 368 g/mol. The Labute approximate surface area is 156 Å². The standard InChI is InChI=1S/C19H20N4O2S/c1-22(12-15-8-6-7-11-17(15)25-2)18(24)13-26-19-21-20-14-23(19)16-9-4-3-5-10-16/h3-11,14H,12-13H2,1-2H3. The Kier molecular flexibility index (Phi) is 5.91. The molecule has 1 aromatic heterocycles. The average Bonchev–Trinajstić information content (AvgIpc) is 3.15. The van der Waals surface area contributed by atoms with Crippen LogP contribution in [0.1, 0.15) is 5.56 Å². The number of carbonyl (C=O) groups excluding carboxylic acids is 1. The number of ether oxygens (including phenoxy) is 1. The van der Waals surface area contributed by atoms with Gasteiger partial charge < -0.3 is 9.64 Å². The highest BCUT2D eigenvalue weighted by Crippen LogP contribution is 2.21. The normalized spacial score (nSPS) is 10.5. The fraction of sp³-hybridized carbons (Fsp3) is 0.211. The Morgan fingerprint density at radius 1 is 1.15 bits per heavy atom. The molecule has 0 saturated carbocycles. The summed E-state index contributed by atoms with van der Waals surface area (Å²) in [7, 11) is 3.42. The zero-order chi connectivity index (χ0) is 18.4. The first-order chi connectivity index (χ1) is 12.7. The van der Waals surface area contributed by atoms with Gasteiger partial charge in [-0.3, -0.25) is 9.36 Å². The molecule has 0 aliphatic heterocycles. The van der Waals surface area contributed by atoms with Gasteiger partial charge in [0.25, 0.3) is 0 Å². The molecule has 26 heavy (non-hydrogen) atoms. The van der Waals surface area contributed by atoms with Gasteiger partial charge in [-0.25, -0.2) is 0 Å². The number of hydrogen-bond acceptors (Lipinski definition) is 5. The molecule has 1 amide bonds. The summed E-state index contributed by atoms with van der Waals surface area (Å²) in [6.45, 7) is 0.495. The molecular weight excluding hydrogens is 348 g/mol. The van der Waals surface area contributed by atoms with Crippen molar-refractivity contribution in [2.75, 3.05) is 19.9 Å². The van der Waals surface area contributed by atoms with Crippen LogP contribution < -0.4 is 4.74 Å². The van der Waals surface area contributed by atoms with E-state index in [9.17, 15) is 4.79 Å². The molecule has 0 unspecified atom stereocenters.